The lowest BCUT2D eigenvalue weighted by Gasteiger charge is -2.31. The normalized spacial score (nSPS) is 23.2. The molecule has 0 radical (unpaired) electrons. The van der Waals surface area contributed by atoms with Crippen LogP contribution in [-0.2, 0) is 19.4 Å². The van der Waals surface area contributed by atoms with Gasteiger partial charge in [-0.25, -0.2) is 8.42 Å². The van der Waals surface area contributed by atoms with Gasteiger partial charge in [0, 0.05) is 25.9 Å². The molecule has 1 N–H and O–H groups in total. The van der Waals surface area contributed by atoms with Gasteiger partial charge in [0.1, 0.15) is 9.84 Å². The molecule has 1 atom stereocenters. The van der Waals surface area contributed by atoms with Crippen LogP contribution in [0.25, 0.3) is 0 Å². The van der Waals surface area contributed by atoms with E-state index in [4.69, 9.17) is 9.84 Å². The Bertz CT molecular complexity index is 340. The van der Waals surface area contributed by atoms with Crippen LogP contribution in [0.15, 0.2) is 0 Å². The highest BCUT2D eigenvalue weighted by atomic mass is 32.2. The van der Waals surface area contributed by atoms with Crippen LogP contribution in [0, 0.1) is 0 Å². The topological polar surface area (TPSA) is 83.9 Å². The summed E-state index contributed by atoms with van der Waals surface area (Å²) in [6.07, 6.45) is 0.836. The highest BCUT2D eigenvalue weighted by Crippen LogP contribution is 2.08. The van der Waals surface area contributed by atoms with Crippen LogP contribution < -0.4 is 0 Å². The van der Waals surface area contributed by atoms with Crippen LogP contribution in [-0.4, -0.2) is 68.7 Å². The zero-order valence-corrected chi connectivity index (χ0v) is 10.1. The van der Waals surface area contributed by atoms with E-state index in [-0.39, 0.29) is 18.3 Å². The summed E-state index contributed by atoms with van der Waals surface area (Å²) >= 11 is 0. The molecule has 1 saturated heterocycles. The predicted octanol–water partition coefficient (Wildman–Crippen LogP) is -0.793. The molecular formula is C9H17NO5S. The molecule has 0 spiro atoms. The van der Waals surface area contributed by atoms with Crippen molar-refractivity contribution in [3.63, 3.8) is 0 Å². The molecule has 0 aromatic heterocycles. The summed E-state index contributed by atoms with van der Waals surface area (Å²) in [4.78, 5) is 12.4. The van der Waals surface area contributed by atoms with Crippen LogP contribution in [0.1, 0.15) is 6.42 Å². The SMILES string of the molecule is CS(=O)(=O)CCN1CCOC(CC(=O)O)C1. The fraction of sp³-hybridized carbons (Fsp3) is 0.889. The number of morpholine rings is 1. The van der Waals surface area contributed by atoms with Crippen molar-refractivity contribution in [2.45, 2.75) is 12.5 Å². The molecule has 0 saturated carbocycles. The highest BCUT2D eigenvalue weighted by Gasteiger charge is 2.23. The first-order valence-corrected chi connectivity index (χ1v) is 7.16. The summed E-state index contributed by atoms with van der Waals surface area (Å²) in [5.74, 6) is -0.790. The average Bonchev–Trinajstić information content (AvgIpc) is 2.13. The second-order valence-electron chi connectivity index (χ2n) is 4.02. The number of carboxylic acid groups (broad SMARTS) is 1. The number of carbonyl (C=O) groups is 1. The predicted molar refractivity (Wildman–Crippen MR) is 58.1 cm³/mol. The fourth-order valence-electron chi connectivity index (χ4n) is 1.60. The molecule has 7 heteroatoms. The van der Waals surface area contributed by atoms with Crippen molar-refractivity contribution in [2.75, 3.05) is 38.2 Å². The van der Waals surface area contributed by atoms with Crippen molar-refractivity contribution in [1.29, 1.82) is 0 Å². The van der Waals surface area contributed by atoms with Crippen molar-refractivity contribution in [2.24, 2.45) is 0 Å². The van der Waals surface area contributed by atoms with Gasteiger partial charge in [-0.05, 0) is 0 Å². The van der Waals surface area contributed by atoms with Crippen LogP contribution in [0.4, 0.5) is 0 Å². The Kier molecular flexibility index (Phi) is 4.69. The van der Waals surface area contributed by atoms with Gasteiger partial charge < -0.3 is 9.84 Å². The van der Waals surface area contributed by atoms with Crippen LogP contribution in [0.3, 0.4) is 0 Å². The van der Waals surface area contributed by atoms with Crippen LogP contribution >= 0.6 is 0 Å². The van der Waals surface area contributed by atoms with Gasteiger partial charge in [-0.15, -0.1) is 0 Å². The van der Waals surface area contributed by atoms with Crippen molar-refractivity contribution in [3.8, 4) is 0 Å². The number of aliphatic carboxylic acids is 1. The Hall–Kier alpha value is -0.660. The minimum Gasteiger partial charge on any atom is -0.481 e. The number of hydrogen-bond donors (Lipinski definition) is 1. The molecule has 1 heterocycles. The maximum Gasteiger partial charge on any atom is 0.306 e. The van der Waals surface area contributed by atoms with E-state index in [0.29, 0.717) is 26.2 Å². The fourth-order valence-corrected chi connectivity index (χ4v) is 2.19. The Labute approximate surface area is 95.1 Å². The molecule has 1 aliphatic rings. The van der Waals surface area contributed by atoms with Gasteiger partial charge in [0.15, 0.2) is 0 Å². The van der Waals surface area contributed by atoms with Crippen molar-refractivity contribution in [1.82, 2.24) is 4.90 Å². The Balaban J connectivity index is 2.36. The zero-order valence-electron chi connectivity index (χ0n) is 9.26. The first-order valence-electron chi connectivity index (χ1n) is 5.10. The number of sulfone groups is 1. The summed E-state index contributed by atoms with van der Waals surface area (Å²) < 4.78 is 27.2. The highest BCUT2D eigenvalue weighted by molar-refractivity contribution is 7.90. The number of hydrogen-bond acceptors (Lipinski definition) is 5. The van der Waals surface area contributed by atoms with Crippen LogP contribution in [0.2, 0.25) is 0 Å². The molecule has 94 valence electrons. The molecular weight excluding hydrogens is 234 g/mol. The average molecular weight is 251 g/mol. The smallest absolute Gasteiger partial charge is 0.306 e. The lowest BCUT2D eigenvalue weighted by molar-refractivity contribution is -0.142. The van der Waals surface area contributed by atoms with Crippen LogP contribution in [0.5, 0.6) is 0 Å². The van der Waals surface area contributed by atoms with E-state index in [1.165, 1.54) is 6.26 Å². The Morgan fingerprint density at radius 2 is 2.25 bits per heavy atom. The lowest BCUT2D eigenvalue weighted by atomic mass is 10.2. The minimum absolute atomic E-state index is 0.0324. The van der Waals surface area contributed by atoms with E-state index in [2.05, 4.69) is 0 Å². The molecule has 1 aliphatic heterocycles. The van der Waals surface area contributed by atoms with Crippen molar-refractivity contribution >= 4 is 15.8 Å². The van der Waals surface area contributed by atoms with E-state index in [9.17, 15) is 13.2 Å². The molecule has 1 unspecified atom stereocenters. The summed E-state index contributed by atoms with van der Waals surface area (Å²) in [5.41, 5.74) is 0. The monoisotopic (exact) mass is 251 g/mol. The number of ether oxygens (including phenoxy) is 1. The number of carboxylic acids is 1. The minimum atomic E-state index is -2.96. The first kappa shape index (κ1) is 13.4. The Morgan fingerprint density at radius 1 is 1.56 bits per heavy atom. The molecule has 1 fully saturated rings. The van der Waals surface area contributed by atoms with Gasteiger partial charge in [-0.3, -0.25) is 9.69 Å². The van der Waals surface area contributed by atoms with Gasteiger partial charge in [-0.2, -0.15) is 0 Å². The van der Waals surface area contributed by atoms with Gasteiger partial charge >= 0.3 is 5.97 Å². The third-order valence-corrected chi connectivity index (χ3v) is 3.33. The molecule has 16 heavy (non-hydrogen) atoms. The van der Waals surface area contributed by atoms with Gasteiger partial charge in [0.25, 0.3) is 0 Å². The summed E-state index contributed by atoms with van der Waals surface area (Å²) in [6.45, 7) is 2.05. The van der Waals surface area contributed by atoms with E-state index in [1.54, 1.807) is 0 Å². The molecule has 0 aromatic rings. The van der Waals surface area contributed by atoms with Gasteiger partial charge in [0.05, 0.1) is 24.9 Å². The number of rotatable bonds is 5. The quantitative estimate of drug-likeness (QED) is 0.689. The second-order valence-corrected chi connectivity index (χ2v) is 6.28. The molecule has 0 aromatic carbocycles. The zero-order chi connectivity index (χ0) is 12.2. The standard InChI is InChI=1S/C9H17NO5S/c1-16(13,14)5-3-10-2-4-15-8(7-10)6-9(11)12/h8H,2-7H2,1H3,(H,11,12). The molecule has 0 amide bonds. The number of nitrogens with zero attached hydrogens (tertiary/aromatic N) is 1. The second kappa shape index (κ2) is 5.60. The lowest BCUT2D eigenvalue weighted by Crippen LogP contribution is -2.44. The van der Waals surface area contributed by atoms with Crippen molar-refractivity contribution in [3.05, 3.63) is 0 Å². The summed E-state index contributed by atoms with van der Waals surface area (Å²) in [5, 5.41) is 8.62. The first-order chi connectivity index (χ1) is 7.37. The summed E-state index contributed by atoms with van der Waals surface area (Å²) in [6, 6.07) is 0. The van der Waals surface area contributed by atoms with E-state index in [0.717, 1.165) is 0 Å². The van der Waals surface area contributed by atoms with Gasteiger partial charge in [-0.1, -0.05) is 0 Å². The molecule has 0 bridgehead atoms. The third kappa shape index (κ3) is 5.43. The Morgan fingerprint density at radius 3 is 2.81 bits per heavy atom. The summed E-state index contributed by atoms with van der Waals surface area (Å²) in [7, 11) is -2.96. The maximum absolute atomic E-state index is 11.0. The largest absolute Gasteiger partial charge is 0.481 e. The third-order valence-electron chi connectivity index (χ3n) is 2.40. The van der Waals surface area contributed by atoms with E-state index < -0.39 is 15.8 Å². The molecule has 1 rings (SSSR count). The van der Waals surface area contributed by atoms with E-state index in [1.807, 2.05) is 4.90 Å². The molecule has 0 aliphatic carbocycles. The van der Waals surface area contributed by atoms with Crippen molar-refractivity contribution < 1.29 is 23.1 Å². The molecule has 6 nitrogen and oxygen atoms in total. The van der Waals surface area contributed by atoms with E-state index >= 15 is 0 Å². The maximum atomic E-state index is 11.0. The van der Waals surface area contributed by atoms with Gasteiger partial charge in [0.2, 0.25) is 0 Å².